The summed E-state index contributed by atoms with van der Waals surface area (Å²) in [5, 5.41) is 7.03. The first kappa shape index (κ1) is 36.6. The minimum atomic E-state index is -0.717. The Kier molecular flexibility index (Phi) is 10.1. The van der Waals surface area contributed by atoms with Crippen molar-refractivity contribution in [3.05, 3.63) is 48.3 Å². The number of fused-ring (bicyclic) bond motifs is 2. The van der Waals surface area contributed by atoms with Crippen molar-refractivity contribution in [2.24, 2.45) is 11.8 Å². The molecule has 2 aliphatic heterocycles. The fourth-order valence-corrected chi connectivity index (χ4v) is 7.49. The van der Waals surface area contributed by atoms with Gasteiger partial charge in [-0.15, -0.1) is 0 Å². The minimum Gasteiger partial charge on any atom is -0.454 e. The lowest BCUT2D eigenvalue weighted by Gasteiger charge is -2.29. The number of H-pyrrole nitrogens is 2. The third-order valence-electron chi connectivity index (χ3n) is 10.4. The van der Waals surface area contributed by atoms with Gasteiger partial charge in [0.05, 0.1) is 38.7 Å². The molecule has 5 aromatic rings. The maximum absolute atomic E-state index is 13.6. The molecule has 2 aliphatic rings. The van der Waals surface area contributed by atoms with Crippen LogP contribution >= 0.6 is 0 Å². The maximum Gasteiger partial charge on any atom is 0.407 e. The van der Waals surface area contributed by atoms with Gasteiger partial charge in [-0.1, -0.05) is 27.7 Å². The fourth-order valence-electron chi connectivity index (χ4n) is 7.49. The first-order chi connectivity index (χ1) is 25.9. The number of carbonyl (C=O) groups is 4. The second-order valence-corrected chi connectivity index (χ2v) is 14.6. The van der Waals surface area contributed by atoms with Crippen LogP contribution in [-0.2, 0) is 19.1 Å². The quantitative estimate of drug-likeness (QED) is 0.131. The fraction of sp³-hybridized carbons (Fsp3) is 0.474. The van der Waals surface area contributed by atoms with Crippen LogP contribution in [0.5, 0.6) is 0 Å². The topological polar surface area (TPSA) is 201 Å². The summed E-state index contributed by atoms with van der Waals surface area (Å²) in [6.07, 6.45) is 5.23. The highest BCUT2D eigenvalue weighted by Crippen LogP contribution is 2.37. The Hall–Kier alpha value is -5.80. The molecule has 1 aromatic carbocycles. The van der Waals surface area contributed by atoms with Crippen LogP contribution in [0.15, 0.2) is 45.5 Å². The van der Waals surface area contributed by atoms with Gasteiger partial charge in [0.25, 0.3) is 0 Å². The molecule has 16 nitrogen and oxygen atoms in total. The van der Waals surface area contributed by atoms with Gasteiger partial charge < -0.3 is 48.7 Å². The van der Waals surface area contributed by atoms with Crippen molar-refractivity contribution < 1.29 is 37.5 Å². The Labute approximate surface area is 311 Å². The molecule has 54 heavy (non-hydrogen) atoms. The molecule has 0 unspecified atom stereocenters. The van der Waals surface area contributed by atoms with Gasteiger partial charge in [-0.2, -0.15) is 0 Å². The zero-order valence-corrected chi connectivity index (χ0v) is 31.2. The molecule has 2 saturated heterocycles. The standard InChI is InChI=1S/C38H46N8O8/c1-19(2)31(43-37(49)51-5)35(47)45-11-7-9-25(45)33-39-17-23(41-33)29-15-21-13-28-22(14-27(21)53-29)16-30(54-28)24-18-40-34(42-24)26-10-8-12-46(26)36(48)32(20(3)4)44-38(50)52-6/h13-20,25-26,31-32H,7-12H2,1-6H3,(H,39,41)(H,40,42)(H,43,49)(H,44,50)/t25-,26-,31-,32-/m1/s1. The molecule has 4 aromatic heterocycles. The third kappa shape index (κ3) is 6.99. The molecule has 0 aliphatic carbocycles. The molecular weight excluding hydrogens is 696 g/mol. The summed E-state index contributed by atoms with van der Waals surface area (Å²) in [5.74, 6) is 1.88. The second-order valence-electron chi connectivity index (χ2n) is 14.6. The normalized spacial score (nSPS) is 18.5. The van der Waals surface area contributed by atoms with Crippen LogP contribution in [0.3, 0.4) is 0 Å². The monoisotopic (exact) mass is 742 g/mol. The number of likely N-dealkylation sites (tertiary alicyclic amines) is 2. The zero-order chi connectivity index (χ0) is 38.3. The summed E-state index contributed by atoms with van der Waals surface area (Å²) in [6, 6.07) is 5.71. The van der Waals surface area contributed by atoms with E-state index in [9.17, 15) is 19.2 Å². The number of methoxy groups -OCH3 is 2. The van der Waals surface area contributed by atoms with Crippen LogP contribution in [0.4, 0.5) is 9.59 Å². The number of aromatic amines is 2. The van der Waals surface area contributed by atoms with Crippen molar-refractivity contribution in [1.82, 2.24) is 40.4 Å². The average Bonchev–Trinajstić information content (AvgIpc) is 4.00. The van der Waals surface area contributed by atoms with E-state index in [-0.39, 0.29) is 35.7 Å². The third-order valence-corrected chi connectivity index (χ3v) is 10.4. The summed E-state index contributed by atoms with van der Waals surface area (Å²) in [4.78, 5) is 70.5. The molecule has 2 fully saturated rings. The van der Waals surface area contributed by atoms with Gasteiger partial charge in [-0.25, -0.2) is 19.6 Å². The Morgan fingerprint density at radius 1 is 0.704 bits per heavy atom. The van der Waals surface area contributed by atoms with E-state index in [1.807, 2.05) is 52.0 Å². The minimum absolute atomic E-state index is 0.129. The lowest BCUT2D eigenvalue weighted by atomic mass is 10.0. The lowest BCUT2D eigenvalue weighted by Crippen LogP contribution is -2.51. The Morgan fingerprint density at radius 3 is 1.48 bits per heavy atom. The number of carbonyl (C=O) groups excluding carboxylic acids is 4. The van der Waals surface area contributed by atoms with E-state index in [2.05, 4.69) is 30.6 Å². The van der Waals surface area contributed by atoms with E-state index in [0.717, 1.165) is 36.5 Å². The molecule has 286 valence electrons. The van der Waals surface area contributed by atoms with Crippen molar-refractivity contribution in [2.45, 2.75) is 77.5 Å². The maximum atomic E-state index is 13.6. The number of hydrogen-bond donors (Lipinski definition) is 4. The summed E-state index contributed by atoms with van der Waals surface area (Å²) in [6.45, 7) is 8.65. The number of furan rings is 2. The van der Waals surface area contributed by atoms with Crippen LogP contribution in [-0.4, -0.2) is 93.1 Å². The van der Waals surface area contributed by atoms with Crippen molar-refractivity contribution in [3.63, 3.8) is 0 Å². The highest BCUT2D eigenvalue weighted by Gasteiger charge is 2.39. The first-order valence-corrected chi connectivity index (χ1v) is 18.3. The molecule has 0 saturated carbocycles. The number of aromatic nitrogens is 4. The number of hydrogen-bond acceptors (Lipinski definition) is 10. The van der Waals surface area contributed by atoms with Gasteiger partial charge in [-0.05, 0) is 61.8 Å². The largest absolute Gasteiger partial charge is 0.454 e. The highest BCUT2D eigenvalue weighted by molar-refractivity contribution is 5.96. The molecular formula is C38H46N8O8. The van der Waals surface area contributed by atoms with Gasteiger partial charge >= 0.3 is 12.2 Å². The van der Waals surface area contributed by atoms with E-state index in [1.54, 1.807) is 22.2 Å². The van der Waals surface area contributed by atoms with E-state index < -0.39 is 24.3 Å². The summed E-state index contributed by atoms with van der Waals surface area (Å²) in [5.41, 5.74) is 2.68. The predicted octanol–water partition coefficient (Wildman–Crippen LogP) is 6.05. The first-order valence-electron chi connectivity index (χ1n) is 18.3. The van der Waals surface area contributed by atoms with E-state index in [0.29, 0.717) is 58.8 Å². The summed E-state index contributed by atoms with van der Waals surface area (Å²) >= 11 is 0. The molecule has 4 amide bonds. The van der Waals surface area contributed by atoms with Gasteiger partial charge in [0.15, 0.2) is 11.5 Å². The summed E-state index contributed by atoms with van der Waals surface area (Å²) in [7, 11) is 2.55. The van der Waals surface area contributed by atoms with E-state index in [4.69, 9.17) is 18.3 Å². The smallest absolute Gasteiger partial charge is 0.407 e. The van der Waals surface area contributed by atoms with Gasteiger partial charge in [0, 0.05) is 23.9 Å². The average molecular weight is 743 g/mol. The number of nitrogens with zero attached hydrogens (tertiary/aromatic N) is 4. The van der Waals surface area contributed by atoms with Gasteiger partial charge in [-0.3, -0.25) is 9.59 Å². The Morgan fingerprint density at radius 2 is 1.11 bits per heavy atom. The molecule has 0 radical (unpaired) electrons. The molecule has 4 atom stereocenters. The van der Waals surface area contributed by atoms with Gasteiger partial charge in [0.1, 0.15) is 46.3 Å². The van der Waals surface area contributed by atoms with E-state index >= 15 is 0 Å². The predicted molar refractivity (Wildman–Crippen MR) is 197 cm³/mol. The second kappa shape index (κ2) is 14.9. The molecule has 6 heterocycles. The van der Waals surface area contributed by atoms with Crippen molar-refractivity contribution in [1.29, 1.82) is 0 Å². The van der Waals surface area contributed by atoms with Crippen LogP contribution in [0, 0.1) is 11.8 Å². The number of nitrogens with one attached hydrogen (secondary N) is 4. The highest BCUT2D eigenvalue weighted by atomic mass is 16.5. The number of imidazole rings is 2. The van der Waals surface area contributed by atoms with Crippen LogP contribution in [0.2, 0.25) is 0 Å². The summed E-state index contributed by atoms with van der Waals surface area (Å²) < 4.78 is 22.1. The number of alkyl carbamates (subject to hydrolysis) is 2. The van der Waals surface area contributed by atoms with E-state index in [1.165, 1.54) is 14.2 Å². The lowest BCUT2D eigenvalue weighted by molar-refractivity contribution is -0.136. The van der Waals surface area contributed by atoms with Crippen molar-refractivity contribution in [3.8, 4) is 22.9 Å². The van der Waals surface area contributed by atoms with Crippen molar-refractivity contribution >= 4 is 45.9 Å². The van der Waals surface area contributed by atoms with Crippen LogP contribution in [0.1, 0.15) is 77.1 Å². The Bertz CT molecular complexity index is 1980. The molecule has 0 bridgehead atoms. The molecule has 7 rings (SSSR count). The number of ether oxygens (including phenoxy) is 2. The van der Waals surface area contributed by atoms with Gasteiger partial charge in [0.2, 0.25) is 11.8 Å². The van der Waals surface area contributed by atoms with Crippen LogP contribution < -0.4 is 10.6 Å². The number of benzene rings is 1. The SMILES string of the molecule is COC(=O)N[C@@H](C(=O)N1CCC[C@@H]1c1ncc(-c2cc3cc4oc(-c5cnc([C@H]6CCCN6C(=O)[C@H](NC(=O)OC)C(C)C)[nH]5)cc4cc3o2)[nH]1)C(C)C. The zero-order valence-electron chi connectivity index (χ0n) is 31.2. The number of rotatable bonds is 10. The number of amides is 4. The Balaban J connectivity index is 1.07. The van der Waals surface area contributed by atoms with Crippen LogP contribution in [0.25, 0.3) is 44.8 Å². The molecule has 16 heteroatoms. The molecule has 4 N–H and O–H groups in total. The van der Waals surface area contributed by atoms with Crippen molar-refractivity contribution in [2.75, 3.05) is 27.3 Å². The molecule has 0 spiro atoms.